The summed E-state index contributed by atoms with van der Waals surface area (Å²) in [5.41, 5.74) is 8.91. The molecule has 0 radical (unpaired) electrons. The van der Waals surface area contributed by atoms with Crippen LogP contribution in [0.15, 0.2) is 12.1 Å². The zero-order valence-electron chi connectivity index (χ0n) is 11.7. The summed E-state index contributed by atoms with van der Waals surface area (Å²) in [6, 6.07) is 4.03. The van der Waals surface area contributed by atoms with E-state index in [0.29, 0.717) is 6.54 Å². The number of hydrogen-bond donors (Lipinski definition) is 2. The summed E-state index contributed by atoms with van der Waals surface area (Å²) in [7, 11) is 0. The maximum atomic E-state index is 9.32. The fraction of sp³-hybridized carbons (Fsp3) is 0.500. The molecule has 20 heavy (non-hydrogen) atoms. The molecule has 0 spiro atoms. The molecule has 3 N–H and O–H groups in total. The number of hydrogen-bond acceptors (Lipinski definition) is 6. The standard InChI is InChI=1S/C14H19N3O2S/c1-8-5-17(6-10(7-18)19-8)13-4-12-14(3-11(13)15)20-9(2)16-12/h3-4,8,10,18H,5-7,15H2,1-2H3. The molecular weight excluding hydrogens is 274 g/mol. The number of nitrogens with two attached hydrogens (primary N) is 1. The highest BCUT2D eigenvalue weighted by Gasteiger charge is 2.26. The van der Waals surface area contributed by atoms with Gasteiger partial charge in [-0.15, -0.1) is 11.3 Å². The number of nitrogen functional groups attached to an aromatic ring is 1. The third-order valence-electron chi connectivity index (χ3n) is 3.51. The number of aromatic nitrogens is 1. The molecule has 6 heteroatoms. The van der Waals surface area contributed by atoms with Gasteiger partial charge in [0, 0.05) is 13.1 Å². The van der Waals surface area contributed by atoms with E-state index >= 15 is 0 Å². The molecule has 2 heterocycles. The second kappa shape index (κ2) is 5.20. The van der Waals surface area contributed by atoms with Crippen LogP contribution in [0.4, 0.5) is 11.4 Å². The van der Waals surface area contributed by atoms with Crippen LogP contribution in [-0.2, 0) is 4.74 Å². The number of aliphatic hydroxyl groups is 1. The topological polar surface area (TPSA) is 71.6 Å². The van der Waals surface area contributed by atoms with Crippen molar-refractivity contribution in [2.24, 2.45) is 0 Å². The van der Waals surface area contributed by atoms with Gasteiger partial charge in [0.15, 0.2) is 0 Å². The van der Waals surface area contributed by atoms with E-state index in [9.17, 15) is 5.11 Å². The molecule has 0 bridgehead atoms. The summed E-state index contributed by atoms with van der Waals surface area (Å²) in [5, 5.41) is 10.4. The fourth-order valence-corrected chi connectivity index (χ4v) is 3.57. The Morgan fingerprint density at radius 1 is 1.50 bits per heavy atom. The smallest absolute Gasteiger partial charge is 0.0984 e. The van der Waals surface area contributed by atoms with Crippen LogP contribution in [0.2, 0.25) is 0 Å². The largest absolute Gasteiger partial charge is 0.397 e. The van der Waals surface area contributed by atoms with E-state index in [1.165, 1.54) is 0 Å². The Bertz CT molecular complexity index is 628. The Kier molecular flexibility index (Phi) is 3.54. The summed E-state index contributed by atoms with van der Waals surface area (Å²) in [6.45, 7) is 5.46. The molecule has 1 fully saturated rings. The number of fused-ring (bicyclic) bond motifs is 1. The molecular formula is C14H19N3O2S. The first-order valence-corrected chi connectivity index (χ1v) is 7.56. The SMILES string of the molecule is Cc1nc2cc(N3CC(C)OC(CO)C3)c(N)cc2s1. The molecule has 0 saturated carbocycles. The normalized spacial score (nSPS) is 23.4. The number of nitrogens with zero attached hydrogens (tertiary/aromatic N) is 2. The fourth-order valence-electron chi connectivity index (χ4n) is 2.71. The van der Waals surface area contributed by atoms with Crippen molar-refractivity contribution >= 4 is 32.9 Å². The second-order valence-corrected chi connectivity index (χ2v) is 6.50. The number of aryl methyl sites for hydroxylation is 1. The number of ether oxygens (including phenoxy) is 1. The van der Waals surface area contributed by atoms with Crippen molar-refractivity contribution in [3.05, 3.63) is 17.1 Å². The molecule has 0 aliphatic carbocycles. The average Bonchev–Trinajstić information content (AvgIpc) is 2.76. The molecule has 108 valence electrons. The van der Waals surface area contributed by atoms with Gasteiger partial charge >= 0.3 is 0 Å². The third-order valence-corrected chi connectivity index (χ3v) is 4.45. The van der Waals surface area contributed by atoms with Gasteiger partial charge in [-0.1, -0.05) is 0 Å². The molecule has 1 aliphatic rings. The number of aliphatic hydroxyl groups excluding tert-OH is 1. The quantitative estimate of drug-likeness (QED) is 0.826. The number of rotatable bonds is 2. The lowest BCUT2D eigenvalue weighted by molar-refractivity contribution is -0.0420. The first-order chi connectivity index (χ1) is 9.56. The third kappa shape index (κ3) is 2.46. The Morgan fingerprint density at radius 3 is 3.05 bits per heavy atom. The van der Waals surface area contributed by atoms with E-state index in [4.69, 9.17) is 10.5 Å². The van der Waals surface area contributed by atoms with Crippen LogP contribution in [0.1, 0.15) is 11.9 Å². The predicted molar refractivity (Wildman–Crippen MR) is 82.4 cm³/mol. The summed E-state index contributed by atoms with van der Waals surface area (Å²) >= 11 is 1.65. The Balaban J connectivity index is 1.97. The van der Waals surface area contributed by atoms with Crippen LogP contribution >= 0.6 is 11.3 Å². The minimum atomic E-state index is -0.161. The number of thiazole rings is 1. The van der Waals surface area contributed by atoms with Crippen LogP contribution in [0, 0.1) is 6.92 Å². The van der Waals surface area contributed by atoms with Gasteiger partial charge in [-0.2, -0.15) is 0 Å². The highest BCUT2D eigenvalue weighted by molar-refractivity contribution is 7.18. The van der Waals surface area contributed by atoms with Gasteiger partial charge in [0.2, 0.25) is 0 Å². The van der Waals surface area contributed by atoms with Crippen LogP contribution in [-0.4, -0.2) is 42.0 Å². The lowest BCUT2D eigenvalue weighted by atomic mass is 10.1. The van der Waals surface area contributed by atoms with E-state index < -0.39 is 0 Å². The van der Waals surface area contributed by atoms with Gasteiger partial charge in [0.25, 0.3) is 0 Å². The molecule has 1 aliphatic heterocycles. The summed E-state index contributed by atoms with van der Waals surface area (Å²) in [5.74, 6) is 0. The van der Waals surface area contributed by atoms with Crippen molar-refractivity contribution in [1.82, 2.24) is 4.98 Å². The van der Waals surface area contributed by atoms with E-state index in [1.807, 2.05) is 26.0 Å². The first-order valence-electron chi connectivity index (χ1n) is 6.74. The molecule has 2 atom stereocenters. The van der Waals surface area contributed by atoms with Crippen LogP contribution in [0.25, 0.3) is 10.2 Å². The highest BCUT2D eigenvalue weighted by atomic mass is 32.1. The van der Waals surface area contributed by atoms with Crippen molar-refractivity contribution in [3.8, 4) is 0 Å². The average molecular weight is 293 g/mol. The first kappa shape index (κ1) is 13.6. The predicted octanol–water partition coefficient (Wildman–Crippen LogP) is 1.77. The highest BCUT2D eigenvalue weighted by Crippen LogP contribution is 2.33. The van der Waals surface area contributed by atoms with Gasteiger partial charge in [0.05, 0.1) is 45.4 Å². The van der Waals surface area contributed by atoms with Gasteiger partial charge < -0.3 is 20.5 Å². The summed E-state index contributed by atoms with van der Waals surface area (Å²) in [4.78, 5) is 6.70. The van der Waals surface area contributed by atoms with E-state index in [-0.39, 0.29) is 18.8 Å². The molecule has 1 aromatic carbocycles. The minimum absolute atomic E-state index is 0.0266. The van der Waals surface area contributed by atoms with Crippen molar-refractivity contribution < 1.29 is 9.84 Å². The summed E-state index contributed by atoms with van der Waals surface area (Å²) in [6.07, 6.45) is -0.0841. The maximum Gasteiger partial charge on any atom is 0.0984 e. The van der Waals surface area contributed by atoms with Crippen LogP contribution in [0.3, 0.4) is 0 Å². The molecule has 0 amide bonds. The number of benzene rings is 1. The van der Waals surface area contributed by atoms with Crippen molar-refractivity contribution in [2.75, 3.05) is 30.3 Å². The van der Waals surface area contributed by atoms with E-state index in [1.54, 1.807) is 11.3 Å². The molecule has 2 unspecified atom stereocenters. The second-order valence-electron chi connectivity index (χ2n) is 5.27. The lowest BCUT2D eigenvalue weighted by Crippen LogP contribution is -2.48. The zero-order chi connectivity index (χ0) is 14.3. The minimum Gasteiger partial charge on any atom is -0.397 e. The van der Waals surface area contributed by atoms with E-state index in [2.05, 4.69) is 9.88 Å². The number of anilines is 2. The molecule has 1 aromatic heterocycles. The molecule has 5 nitrogen and oxygen atoms in total. The van der Waals surface area contributed by atoms with Gasteiger partial charge in [-0.05, 0) is 26.0 Å². The zero-order valence-corrected chi connectivity index (χ0v) is 12.5. The van der Waals surface area contributed by atoms with Gasteiger partial charge in [-0.3, -0.25) is 0 Å². The van der Waals surface area contributed by atoms with Crippen molar-refractivity contribution in [2.45, 2.75) is 26.1 Å². The maximum absolute atomic E-state index is 9.32. The van der Waals surface area contributed by atoms with Crippen molar-refractivity contribution in [1.29, 1.82) is 0 Å². The Hall–Kier alpha value is -1.37. The lowest BCUT2D eigenvalue weighted by Gasteiger charge is -2.38. The van der Waals surface area contributed by atoms with Crippen LogP contribution < -0.4 is 10.6 Å². The number of morpholine rings is 1. The summed E-state index contributed by atoms with van der Waals surface area (Å²) < 4.78 is 6.79. The van der Waals surface area contributed by atoms with Gasteiger partial charge in [0.1, 0.15) is 0 Å². The van der Waals surface area contributed by atoms with Crippen LogP contribution in [0.5, 0.6) is 0 Å². The molecule has 1 saturated heterocycles. The Morgan fingerprint density at radius 2 is 2.30 bits per heavy atom. The molecule has 2 aromatic rings. The van der Waals surface area contributed by atoms with Crippen molar-refractivity contribution in [3.63, 3.8) is 0 Å². The monoisotopic (exact) mass is 293 g/mol. The molecule has 3 rings (SSSR count). The van der Waals surface area contributed by atoms with E-state index in [0.717, 1.165) is 33.1 Å². The van der Waals surface area contributed by atoms with Gasteiger partial charge in [-0.25, -0.2) is 4.98 Å². The Labute approximate surface area is 122 Å².